The smallest absolute Gasteiger partial charge is 0.248 e. The maximum atomic E-state index is 10.9. The minimum absolute atomic E-state index is 0.445. The maximum Gasteiger partial charge on any atom is 0.248 e. The lowest BCUT2D eigenvalue weighted by atomic mass is 10.2. The minimum atomic E-state index is -0.460. The number of hydrogen-bond acceptors (Lipinski definition) is 3. The lowest BCUT2D eigenvalue weighted by Crippen LogP contribution is -2.10. The topological polar surface area (TPSA) is 65.2 Å². The first-order chi connectivity index (χ1) is 8.15. The van der Waals surface area contributed by atoms with Crippen LogP contribution in [-0.2, 0) is 0 Å². The van der Waals surface area contributed by atoms with E-state index in [1.54, 1.807) is 36.5 Å². The number of hydrogen-bond donors (Lipinski definition) is 1. The summed E-state index contributed by atoms with van der Waals surface area (Å²) in [6.07, 6.45) is 1.65. The number of primary amides is 1. The van der Waals surface area contributed by atoms with Crippen molar-refractivity contribution in [3.63, 3.8) is 0 Å². The van der Waals surface area contributed by atoms with E-state index in [0.717, 1.165) is 4.47 Å². The molecule has 1 heterocycles. The van der Waals surface area contributed by atoms with Crippen LogP contribution >= 0.6 is 15.9 Å². The highest BCUT2D eigenvalue weighted by Gasteiger charge is 2.01. The largest absolute Gasteiger partial charge is 0.439 e. The van der Waals surface area contributed by atoms with Crippen LogP contribution in [0.1, 0.15) is 10.4 Å². The zero-order valence-electron chi connectivity index (χ0n) is 8.76. The van der Waals surface area contributed by atoms with Crippen molar-refractivity contribution in [2.75, 3.05) is 0 Å². The molecule has 0 saturated carbocycles. The standard InChI is InChI=1S/C12H9BrN2O2/c13-9-3-6-11(15-7-9)17-10-4-1-8(2-5-10)12(14)16/h1-7H,(H2,14,16). The van der Waals surface area contributed by atoms with Crippen LogP contribution in [-0.4, -0.2) is 10.9 Å². The Labute approximate surface area is 107 Å². The van der Waals surface area contributed by atoms with Gasteiger partial charge in [-0.15, -0.1) is 0 Å². The maximum absolute atomic E-state index is 10.9. The van der Waals surface area contributed by atoms with Crippen molar-refractivity contribution in [3.8, 4) is 11.6 Å². The quantitative estimate of drug-likeness (QED) is 0.946. The lowest BCUT2D eigenvalue weighted by molar-refractivity contribution is 0.100. The van der Waals surface area contributed by atoms with E-state index in [-0.39, 0.29) is 0 Å². The Kier molecular flexibility index (Phi) is 3.39. The van der Waals surface area contributed by atoms with E-state index < -0.39 is 5.91 Å². The molecule has 0 aliphatic carbocycles. The van der Waals surface area contributed by atoms with Gasteiger partial charge in [-0.2, -0.15) is 0 Å². The fraction of sp³-hybridized carbons (Fsp3) is 0. The lowest BCUT2D eigenvalue weighted by Gasteiger charge is -2.04. The summed E-state index contributed by atoms with van der Waals surface area (Å²) < 4.78 is 6.37. The van der Waals surface area contributed by atoms with Crippen molar-refractivity contribution < 1.29 is 9.53 Å². The zero-order valence-corrected chi connectivity index (χ0v) is 10.3. The molecule has 0 aliphatic rings. The molecule has 0 fully saturated rings. The number of aromatic nitrogens is 1. The number of halogens is 1. The molecule has 0 bridgehead atoms. The Balaban J connectivity index is 2.13. The van der Waals surface area contributed by atoms with Crippen molar-refractivity contribution in [2.24, 2.45) is 5.73 Å². The van der Waals surface area contributed by atoms with Crippen molar-refractivity contribution in [1.82, 2.24) is 4.98 Å². The molecule has 4 nitrogen and oxygen atoms in total. The fourth-order valence-electron chi connectivity index (χ4n) is 1.23. The zero-order chi connectivity index (χ0) is 12.3. The van der Waals surface area contributed by atoms with E-state index in [1.807, 2.05) is 6.07 Å². The Morgan fingerprint density at radius 2 is 1.88 bits per heavy atom. The van der Waals surface area contributed by atoms with Gasteiger partial charge in [-0.25, -0.2) is 4.98 Å². The van der Waals surface area contributed by atoms with Crippen LogP contribution in [0.3, 0.4) is 0 Å². The first kappa shape index (κ1) is 11.6. The molecule has 2 aromatic rings. The summed E-state index contributed by atoms with van der Waals surface area (Å²) in [5.74, 6) is 0.628. The van der Waals surface area contributed by atoms with Gasteiger partial charge < -0.3 is 10.5 Å². The highest BCUT2D eigenvalue weighted by atomic mass is 79.9. The molecule has 86 valence electrons. The van der Waals surface area contributed by atoms with Gasteiger partial charge in [0.1, 0.15) is 5.75 Å². The molecule has 1 aromatic heterocycles. The van der Waals surface area contributed by atoms with Gasteiger partial charge >= 0.3 is 0 Å². The average molecular weight is 293 g/mol. The van der Waals surface area contributed by atoms with Crippen LogP contribution in [0, 0.1) is 0 Å². The third kappa shape index (κ3) is 3.04. The molecule has 0 radical (unpaired) electrons. The molecule has 17 heavy (non-hydrogen) atoms. The van der Waals surface area contributed by atoms with E-state index in [4.69, 9.17) is 10.5 Å². The number of ether oxygens (including phenoxy) is 1. The number of nitrogens with zero attached hydrogens (tertiary/aromatic N) is 1. The number of benzene rings is 1. The summed E-state index contributed by atoms with van der Waals surface area (Å²) in [6, 6.07) is 10.1. The van der Waals surface area contributed by atoms with E-state index in [9.17, 15) is 4.79 Å². The van der Waals surface area contributed by atoms with Crippen LogP contribution in [0.2, 0.25) is 0 Å². The number of pyridine rings is 1. The molecule has 0 saturated heterocycles. The Morgan fingerprint density at radius 3 is 2.41 bits per heavy atom. The molecule has 2 rings (SSSR count). The van der Waals surface area contributed by atoms with Gasteiger partial charge in [0.2, 0.25) is 11.8 Å². The fourth-order valence-corrected chi connectivity index (χ4v) is 1.47. The molecular weight excluding hydrogens is 284 g/mol. The highest BCUT2D eigenvalue weighted by Crippen LogP contribution is 2.20. The molecule has 1 aromatic carbocycles. The molecule has 2 N–H and O–H groups in total. The Morgan fingerprint density at radius 1 is 1.18 bits per heavy atom. The first-order valence-electron chi connectivity index (χ1n) is 4.84. The van der Waals surface area contributed by atoms with Crippen molar-refractivity contribution >= 4 is 21.8 Å². The molecule has 1 amide bonds. The molecule has 5 heteroatoms. The normalized spacial score (nSPS) is 9.94. The van der Waals surface area contributed by atoms with Gasteiger partial charge in [-0.3, -0.25) is 4.79 Å². The summed E-state index contributed by atoms with van der Waals surface area (Å²) in [4.78, 5) is 14.9. The van der Waals surface area contributed by atoms with E-state index >= 15 is 0 Å². The monoisotopic (exact) mass is 292 g/mol. The van der Waals surface area contributed by atoms with Gasteiger partial charge in [-0.1, -0.05) is 0 Å². The number of amides is 1. The highest BCUT2D eigenvalue weighted by molar-refractivity contribution is 9.10. The molecule has 0 atom stereocenters. The third-order valence-electron chi connectivity index (χ3n) is 2.06. The summed E-state index contributed by atoms with van der Waals surface area (Å²) >= 11 is 3.29. The van der Waals surface area contributed by atoms with Crippen LogP contribution in [0.15, 0.2) is 47.1 Å². The molecule has 0 unspecified atom stereocenters. The van der Waals surface area contributed by atoms with Crippen LogP contribution in [0.25, 0.3) is 0 Å². The second-order valence-electron chi connectivity index (χ2n) is 3.31. The Hall–Kier alpha value is -1.88. The Bertz CT molecular complexity index is 523. The van der Waals surface area contributed by atoms with Crippen LogP contribution in [0.4, 0.5) is 0 Å². The van der Waals surface area contributed by atoms with E-state index in [2.05, 4.69) is 20.9 Å². The number of nitrogens with two attached hydrogens (primary N) is 1. The van der Waals surface area contributed by atoms with Gasteiger partial charge in [0.25, 0.3) is 0 Å². The molecular formula is C12H9BrN2O2. The van der Waals surface area contributed by atoms with Crippen LogP contribution in [0.5, 0.6) is 11.6 Å². The average Bonchev–Trinajstić information content (AvgIpc) is 2.33. The predicted octanol–water partition coefficient (Wildman–Crippen LogP) is 2.74. The first-order valence-corrected chi connectivity index (χ1v) is 5.64. The number of carbonyl (C=O) groups is 1. The van der Waals surface area contributed by atoms with Gasteiger partial charge in [0.15, 0.2) is 0 Å². The predicted molar refractivity (Wildman–Crippen MR) is 67.0 cm³/mol. The summed E-state index contributed by atoms with van der Waals surface area (Å²) in [5, 5.41) is 0. The summed E-state index contributed by atoms with van der Waals surface area (Å²) in [7, 11) is 0. The second kappa shape index (κ2) is 4.97. The summed E-state index contributed by atoms with van der Waals surface area (Å²) in [6.45, 7) is 0. The molecule has 0 aliphatic heterocycles. The third-order valence-corrected chi connectivity index (χ3v) is 2.53. The van der Waals surface area contributed by atoms with Crippen molar-refractivity contribution in [1.29, 1.82) is 0 Å². The van der Waals surface area contributed by atoms with Crippen LogP contribution < -0.4 is 10.5 Å². The number of carbonyl (C=O) groups excluding carboxylic acids is 1. The van der Waals surface area contributed by atoms with Gasteiger partial charge in [-0.05, 0) is 46.3 Å². The van der Waals surface area contributed by atoms with Gasteiger partial charge in [0, 0.05) is 22.3 Å². The van der Waals surface area contributed by atoms with Crippen molar-refractivity contribution in [3.05, 3.63) is 52.6 Å². The van der Waals surface area contributed by atoms with Crippen molar-refractivity contribution in [2.45, 2.75) is 0 Å². The SMILES string of the molecule is NC(=O)c1ccc(Oc2ccc(Br)cn2)cc1. The van der Waals surface area contributed by atoms with Gasteiger partial charge in [0.05, 0.1) is 0 Å². The molecule has 0 spiro atoms. The summed E-state index contributed by atoms with van der Waals surface area (Å²) in [5.41, 5.74) is 5.58. The number of rotatable bonds is 3. The van der Waals surface area contributed by atoms with E-state index in [1.165, 1.54) is 0 Å². The van der Waals surface area contributed by atoms with E-state index in [0.29, 0.717) is 17.2 Å². The minimum Gasteiger partial charge on any atom is -0.439 e. The second-order valence-corrected chi connectivity index (χ2v) is 4.22.